The number of ether oxygens (including phenoxy) is 1. The number of aliphatic hydroxyl groups excluding tert-OH is 1. The normalized spacial score (nSPS) is 16.7. The molecule has 0 saturated carbocycles. The van der Waals surface area contributed by atoms with Crippen LogP contribution in [0.15, 0.2) is 18.2 Å². The van der Waals surface area contributed by atoms with Crippen molar-refractivity contribution in [3.8, 4) is 0 Å². The number of hydrogen-bond acceptors (Lipinski definition) is 5. The molecule has 1 aliphatic rings. The van der Waals surface area contributed by atoms with E-state index in [2.05, 4.69) is 10.6 Å². The quantitative estimate of drug-likeness (QED) is 0.637. The van der Waals surface area contributed by atoms with Gasteiger partial charge in [-0.3, -0.25) is 0 Å². The van der Waals surface area contributed by atoms with Gasteiger partial charge in [-0.25, -0.2) is 9.18 Å². The SMILES string of the molecule is CC(C)(C)OC(=O)NC1CCN(c2c(F)cccc2NCC(O)CCl)CC1. The van der Waals surface area contributed by atoms with Crippen molar-refractivity contribution in [2.75, 3.05) is 35.7 Å². The minimum atomic E-state index is -0.702. The van der Waals surface area contributed by atoms with Crippen LogP contribution in [0.5, 0.6) is 0 Å². The van der Waals surface area contributed by atoms with Crippen molar-refractivity contribution in [3.05, 3.63) is 24.0 Å². The first kappa shape index (κ1) is 21.6. The Labute approximate surface area is 165 Å². The Kier molecular flexibility index (Phi) is 7.56. The zero-order valence-corrected chi connectivity index (χ0v) is 16.9. The van der Waals surface area contributed by atoms with E-state index in [0.717, 1.165) is 0 Å². The van der Waals surface area contributed by atoms with Gasteiger partial charge < -0.3 is 25.4 Å². The molecule has 8 heteroatoms. The number of carbonyl (C=O) groups excluding carboxylic acids is 1. The number of anilines is 2. The van der Waals surface area contributed by atoms with Gasteiger partial charge in [-0.05, 0) is 45.7 Å². The van der Waals surface area contributed by atoms with Crippen molar-refractivity contribution in [3.63, 3.8) is 0 Å². The van der Waals surface area contributed by atoms with Gasteiger partial charge in [0.1, 0.15) is 11.4 Å². The van der Waals surface area contributed by atoms with Crippen LogP contribution in [-0.2, 0) is 4.74 Å². The first-order chi connectivity index (χ1) is 12.7. The molecule has 0 aromatic heterocycles. The number of aliphatic hydroxyl groups is 1. The fraction of sp³-hybridized carbons (Fsp3) is 0.632. The number of amides is 1. The first-order valence-corrected chi connectivity index (χ1v) is 9.74. The Morgan fingerprint density at radius 2 is 2.07 bits per heavy atom. The van der Waals surface area contributed by atoms with Gasteiger partial charge in [0, 0.05) is 25.7 Å². The van der Waals surface area contributed by atoms with E-state index in [1.165, 1.54) is 6.07 Å². The van der Waals surface area contributed by atoms with E-state index >= 15 is 0 Å². The highest BCUT2D eigenvalue weighted by molar-refractivity contribution is 6.18. The van der Waals surface area contributed by atoms with Gasteiger partial charge in [-0.2, -0.15) is 0 Å². The number of alkyl halides is 1. The fourth-order valence-corrected chi connectivity index (χ4v) is 3.09. The van der Waals surface area contributed by atoms with Crippen LogP contribution < -0.4 is 15.5 Å². The second-order valence-corrected chi connectivity index (χ2v) is 8.04. The molecule has 152 valence electrons. The number of rotatable bonds is 6. The van der Waals surface area contributed by atoms with Gasteiger partial charge in [0.05, 0.1) is 23.4 Å². The van der Waals surface area contributed by atoms with Gasteiger partial charge in [0.25, 0.3) is 0 Å². The third-order valence-corrected chi connectivity index (χ3v) is 4.58. The summed E-state index contributed by atoms with van der Waals surface area (Å²) >= 11 is 5.62. The van der Waals surface area contributed by atoms with Crippen LogP contribution in [0.2, 0.25) is 0 Å². The van der Waals surface area contributed by atoms with Crippen LogP contribution in [0.1, 0.15) is 33.6 Å². The van der Waals surface area contributed by atoms with Crippen molar-refractivity contribution >= 4 is 29.1 Å². The summed E-state index contributed by atoms with van der Waals surface area (Å²) in [6, 6.07) is 4.83. The number of halogens is 2. The van der Waals surface area contributed by atoms with E-state index in [1.54, 1.807) is 12.1 Å². The maximum absolute atomic E-state index is 14.5. The molecule has 0 radical (unpaired) electrons. The maximum Gasteiger partial charge on any atom is 0.407 e. The van der Waals surface area contributed by atoms with Crippen LogP contribution in [0, 0.1) is 5.82 Å². The highest BCUT2D eigenvalue weighted by atomic mass is 35.5. The Balaban J connectivity index is 1.96. The zero-order chi connectivity index (χ0) is 20.0. The highest BCUT2D eigenvalue weighted by Crippen LogP contribution is 2.31. The number of para-hydroxylation sites is 1. The van der Waals surface area contributed by atoms with E-state index in [9.17, 15) is 14.3 Å². The van der Waals surface area contributed by atoms with Crippen molar-refractivity contribution in [1.29, 1.82) is 0 Å². The Morgan fingerprint density at radius 3 is 2.67 bits per heavy atom. The van der Waals surface area contributed by atoms with E-state index in [4.69, 9.17) is 16.3 Å². The third-order valence-electron chi connectivity index (χ3n) is 4.23. The lowest BCUT2D eigenvalue weighted by molar-refractivity contribution is 0.0497. The van der Waals surface area contributed by atoms with Gasteiger partial charge in [0.15, 0.2) is 0 Å². The number of nitrogens with one attached hydrogen (secondary N) is 2. The largest absolute Gasteiger partial charge is 0.444 e. The number of hydrogen-bond donors (Lipinski definition) is 3. The maximum atomic E-state index is 14.5. The minimum absolute atomic E-state index is 0.00245. The van der Waals surface area contributed by atoms with Crippen LogP contribution in [0.4, 0.5) is 20.6 Å². The number of alkyl carbamates (subject to hydrolysis) is 1. The average molecular weight is 402 g/mol. The molecule has 6 nitrogen and oxygen atoms in total. The summed E-state index contributed by atoms with van der Waals surface area (Å²) in [5.41, 5.74) is 0.569. The van der Waals surface area contributed by atoms with Crippen LogP contribution in [-0.4, -0.2) is 54.5 Å². The lowest BCUT2D eigenvalue weighted by Crippen LogP contribution is -2.46. The molecule has 2 rings (SSSR count). The Hall–Kier alpha value is -1.73. The van der Waals surface area contributed by atoms with E-state index in [1.807, 2.05) is 25.7 Å². The highest BCUT2D eigenvalue weighted by Gasteiger charge is 2.26. The summed E-state index contributed by atoms with van der Waals surface area (Å²) < 4.78 is 19.8. The van der Waals surface area contributed by atoms with Crippen LogP contribution >= 0.6 is 11.6 Å². The van der Waals surface area contributed by atoms with Crippen LogP contribution in [0.3, 0.4) is 0 Å². The Morgan fingerprint density at radius 1 is 1.41 bits per heavy atom. The number of carbonyl (C=O) groups is 1. The zero-order valence-electron chi connectivity index (χ0n) is 16.1. The standard InChI is InChI=1S/C19H29ClFN3O3/c1-19(2,3)27-18(26)23-13-7-9-24(10-8-13)17-15(21)5-4-6-16(17)22-12-14(25)11-20/h4-6,13-14,22,25H,7-12H2,1-3H3,(H,23,26). The van der Waals surface area contributed by atoms with Crippen molar-refractivity contribution in [2.24, 2.45) is 0 Å². The molecule has 1 saturated heterocycles. The molecule has 1 heterocycles. The third kappa shape index (κ3) is 6.74. The van der Waals surface area contributed by atoms with Gasteiger partial charge in [-0.15, -0.1) is 11.6 Å². The lowest BCUT2D eigenvalue weighted by Gasteiger charge is -2.35. The van der Waals surface area contributed by atoms with Gasteiger partial charge in [0.2, 0.25) is 0 Å². The van der Waals surface area contributed by atoms with Gasteiger partial charge >= 0.3 is 6.09 Å². The molecule has 3 N–H and O–H groups in total. The number of piperidine rings is 1. The molecule has 0 bridgehead atoms. The molecule has 0 spiro atoms. The first-order valence-electron chi connectivity index (χ1n) is 9.20. The summed E-state index contributed by atoms with van der Waals surface area (Å²) in [6.45, 7) is 6.92. The molecule has 1 fully saturated rings. The summed E-state index contributed by atoms with van der Waals surface area (Å²) in [5.74, 6) is -0.210. The Bertz CT molecular complexity index is 631. The molecule has 1 amide bonds. The molecule has 1 aliphatic heterocycles. The molecule has 1 aromatic carbocycles. The average Bonchev–Trinajstić information content (AvgIpc) is 2.59. The van der Waals surface area contributed by atoms with Crippen molar-refractivity contribution < 1.29 is 19.0 Å². The topological polar surface area (TPSA) is 73.8 Å². The van der Waals surface area contributed by atoms with Crippen molar-refractivity contribution in [2.45, 2.75) is 51.4 Å². The summed E-state index contributed by atoms with van der Waals surface area (Å²) in [7, 11) is 0. The molecular formula is C19H29ClFN3O3. The summed E-state index contributed by atoms with van der Waals surface area (Å²) in [6.07, 6.45) is 0.255. The minimum Gasteiger partial charge on any atom is -0.444 e. The molecular weight excluding hydrogens is 373 g/mol. The molecule has 1 atom stereocenters. The molecule has 27 heavy (non-hydrogen) atoms. The molecule has 1 unspecified atom stereocenters. The second-order valence-electron chi connectivity index (χ2n) is 7.73. The smallest absolute Gasteiger partial charge is 0.407 e. The number of nitrogens with zero attached hydrogens (tertiary/aromatic N) is 1. The van der Waals surface area contributed by atoms with E-state index < -0.39 is 17.8 Å². The lowest BCUT2D eigenvalue weighted by atomic mass is 10.0. The predicted octanol–water partition coefficient (Wildman–Crippen LogP) is 3.33. The van der Waals surface area contributed by atoms with Crippen molar-refractivity contribution in [1.82, 2.24) is 5.32 Å². The monoisotopic (exact) mass is 401 g/mol. The molecule has 1 aromatic rings. The molecule has 0 aliphatic carbocycles. The van der Waals surface area contributed by atoms with Gasteiger partial charge in [-0.1, -0.05) is 6.07 Å². The van der Waals surface area contributed by atoms with E-state index in [-0.39, 0.29) is 24.3 Å². The second kappa shape index (κ2) is 9.46. The van der Waals surface area contributed by atoms with E-state index in [0.29, 0.717) is 37.3 Å². The van der Waals surface area contributed by atoms with Crippen LogP contribution in [0.25, 0.3) is 0 Å². The summed E-state index contributed by atoms with van der Waals surface area (Å²) in [4.78, 5) is 13.9. The summed E-state index contributed by atoms with van der Waals surface area (Å²) in [5, 5.41) is 15.6. The predicted molar refractivity (Wildman–Crippen MR) is 106 cm³/mol. The fourth-order valence-electron chi connectivity index (χ4n) is 2.98. The number of benzene rings is 1.